The number of aromatic hydroxyl groups is 2. The molecule has 1 aromatic carbocycles. The maximum Gasteiger partial charge on any atom is 0.405 e. The van der Waals surface area contributed by atoms with Gasteiger partial charge < -0.3 is 40.6 Å². The second kappa shape index (κ2) is 20.4. The highest BCUT2D eigenvalue weighted by Gasteiger charge is 2.30. The van der Waals surface area contributed by atoms with Crippen LogP contribution < -0.4 is 11.1 Å². The Morgan fingerprint density at radius 2 is 1.83 bits per heavy atom. The second-order valence-electron chi connectivity index (χ2n) is 11.9. The fraction of sp³-hybridized carbons (Fsp3) is 0.559. The first kappa shape index (κ1) is 41.0. The molecule has 0 spiro atoms. The lowest BCUT2D eigenvalue weighted by Gasteiger charge is -2.29. The molecule has 6 atom stereocenters. The molecule has 0 radical (unpaired) electrons. The first-order valence-electron chi connectivity index (χ1n) is 15.8. The third-order valence-corrected chi connectivity index (χ3v) is 8.50. The highest BCUT2D eigenvalue weighted by atomic mass is 35.5. The summed E-state index contributed by atoms with van der Waals surface area (Å²) in [6.45, 7) is 8.64. The number of aliphatic imine (C=N–C) groups is 1. The number of methoxy groups -OCH3 is 2. The zero-order chi connectivity index (χ0) is 36.0. The van der Waals surface area contributed by atoms with Crippen molar-refractivity contribution in [2.75, 3.05) is 50.9 Å². The molecule has 0 aromatic heterocycles. The molecular weight excluding hydrogens is 663 g/mol. The zero-order valence-electron chi connectivity index (χ0n) is 28.5. The fourth-order valence-electron chi connectivity index (χ4n) is 5.52. The molecule has 0 unspecified atom stereocenters. The van der Waals surface area contributed by atoms with E-state index < -0.39 is 42.3 Å². The lowest BCUT2D eigenvalue weighted by Crippen LogP contribution is -2.37. The van der Waals surface area contributed by atoms with E-state index in [1.54, 1.807) is 38.3 Å². The summed E-state index contributed by atoms with van der Waals surface area (Å²) in [5, 5.41) is 36.6. The van der Waals surface area contributed by atoms with Crippen molar-refractivity contribution in [3.63, 3.8) is 0 Å². The summed E-state index contributed by atoms with van der Waals surface area (Å²) < 4.78 is 16.7. The number of nitrogens with two attached hydrogens (primary N) is 1. The van der Waals surface area contributed by atoms with Crippen molar-refractivity contribution in [2.45, 2.75) is 65.0 Å². The Kier molecular flexibility index (Phi) is 17.4. The molecule has 0 saturated carbocycles. The monoisotopic (exact) mass is 712 g/mol. The molecule has 2 amide bonds. The molecule has 1 aliphatic rings. The maximum atomic E-state index is 13.2. The Labute approximate surface area is 293 Å². The molecular formula is C34H50Cl2N4O8. The van der Waals surface area contributed by atoms with E-state index in [1.807, 2.05) is 18.7 Å². The largest absolute Gasteiger partial charge is 0.506 e. The average Bonchev–Trinajstić information content (AvgIpc) is 3.03. The number of nitrogens with zero attached hydrogens (tertiary/aromatic N) is 2. The summed E-state index contributed by atoms with van der Waals surface area (Å²) >= 11 is 11.8. The summed E-state index contributed by atoms with van der Waals surface area (Å²) in [6, 6.07) is 1.25. The van der Waals surface area contributed by atoms with Gasteiger partial charge in [0.15, 0.2) is 6.10 Å². The number of anilines is 1. The van der Waals surface area contributed by atoms with Crippen LogP contribution in [0.3, 0.4) is 0 Å². The van der Waals surface area contributed by atoms with Crippen molar-refractivity contribution in [3.05, 3.63) is 47.1 Å². The minimum atomic E-state index is -0.999. The Morgan fingerprint density at radius 1 is 1.17 bits per heavy atom. The van der Waals surface area contributed by atoms with Crippen molar-refractivity contribution >= 4 is 52.8 Å². The smallest absolute Gasteiger partial charge is 0.405 e. The van der Waals surface area contributed by atoms with Crippen molar-refractivity contribution in [1.29, 1.82) is 0 Å². The minimum Gasteiger partial charge on any atom is -0.506 e. The number of carbonyl (C=O) groups is 2. The van der Waals surface area contributed by atoms with Gasteiger partial charge in [0.1, 0.15) is 23.3 Å². The van der Waals surface area contributed by atoms with Gasteiger partial charge in [-0.1, -0.05) is 38.2 Å². The zero-order valence-corrected chi connectivity index (χ0v) is 30.0. The number of aliphatic hydroxyl groups excluding tert-OH is 1. The quantitative estimate of drug-likeness (QED) is 0.0731. The Balaban J connectivity index is 2.66. The fourth-order valence-corrected chi connectivity index (χ4v) is 6.00. The number of allylic oxidation sites excluding steroid dienone is 2. The van der Waals surface area contributed by atoms with E-state index >= 15 is 0 Å². The highest BCUT2D eigenvalue weighted by Crippen LogP contribution is 2.44. The van der Waals surface area contributed by atoms with E-state index in [4.69, 9.17) is 43.1 Å². The van der Waals surface area contributed by atoms with E-state index in [1.165, 1.54) is 26.4 Å². The van der Waals surface area contributed by atoms with Crippen molar-refractivity contribution in [2.24, 2.45) is 22.6 Å². The number of primary amides is 1. The third-order valence-electron chi connectivity index (χ3n) is 8.16. The first-order valence-corrected chi connectivity index (χ1v) is 16.8. The SMILES string of the molecule is CO[C@H]1C=CC=C(C)C(=O)Nc2cc(O)c(N=CCN(CCCl)CCCl)c(c2O)C[C@@H](C)C[C@H](OC)[C@H](O)[C@@H](C)C=C(C)[C@@H]1OC(N)=O. The van der Waals surface area contributed by atoms with Gasteiger partial charge in [-0.3, -0.25) is 14.7 Å². The number of rotatable bonds is 10. The number of alkyl halides is 2. The Hall–Kier alpha value is -3.13. The van der Waals surface area contributed by atoms with Gasteiger partial charge in [-0.2, -0.15) is 0 Å². The number of ether oxygens (including phenoxy) is 3. The van der Waals surface area contributed by atoms with Crippen molar-refractivity contribution in [1.82, 2.24) is 4.90 Å². The van der Waals surface area contributed by atoms with E-state index in [2.05, 4.69) is 10.3 Å². The molecule has 268 valence electrons. The maximum absolute atomic E-state index is 13.2. The number of phenols is 2. The predicted molar refractivity (Wildman–Crippen MR) is 190 cm³/mol. The van der Waals surface area contributed by atoms with Crippen LogP contribution >= 0.6 is 23.2 Å². The van der Waals surface area contributed by atoms with Crippen LogP contribution in [-0.4, -0.2) is 108 Å². The molecule has 0 fully saturated rings. The van der Waals surface area contributed by atoms with Crippen molar-refractivity contribution in [3.8, 4) is 11.5 Å². The number of carbonyl (C=O) groups excluding carboxylic acids is 2. The number of phenolic OH excluding ortho intramolecular Hbond substituents is 2. The summed E-state index contributed by atoms with van der Waals surface area (Å²) in [4.78, 5) is 31.5. The normalized spacial score (nSPS) is 24.8. The number of nitrogens with one attached hydrogen (secondary N) is 1. The molecule has 1 aromatic rings. The lowest BCUT2D eigenvalue weighted by molar-refractivity contribution is -0.112. The number of hydrogen-bond acceptors (Lipinski definition) is 10. The topological polar surface area (TPSA) is 176 Å². The minimum absolute atomic E-state index is 0.000617. The standard InChI is InChI=1S/C34H50Cl2N4O8/c1-20-16-24-29(38-12-15-40(13-10-35)14-11-36)26(41)19-25(31(24)43)39-33(44)21(2)8-7-9-27(46-5)32(48-34(37)45)23(4)18-22(3)30(42)28(17-20)47-6/h7-9,12,18-20,22,27-28,30,32,41-43H,10-11,13-17H2,1-6H3,(H2,37,45)(H,39,44)/t20-,22+,27+,28+,30-,32+/m1/s1. The molecule has 14 heteroatoms. The first-order chi connectivity index (χ1) is 22.8. The molecule has 2 bridgehead atoms. The Morgan fingerprint density at radius 3 is 2.42 bits per heavy atom. The number of amides is 2. The molecule has 12 nitrogen and oxygen atoms in total. The molecule has 0 aliphatic carbocycles. The Bertz CT molecular complexity index is 1350. The van der Waals surface area contributed by atoms with Gasteiger partial charge in [0.2, 0.25) is 0 Å². The van der Waals surface area contributed by atoms with E-state index in [0.29, 0.717) is 49.0 Å². The van der Waals surface area contributed by atoms with Crippen LogP contribution in [0.25, 0.3) is 0 Å². The molecule has 2 rings (SSSR count). The molecule has 0 saturated heterocycles. The highest BCUT2D eigenvalue weighted by molar-refractivity contribution is 6.18. The molecule has 6 N–H and O–H groups in total. The summed E-state index contributed by atoms with van der Waals surface area (Å²) in [5.74, 6) is -0.846. The van der Waals surface area contributed by atoms with E-state index in [9.17, 15) is 24.9 Å². The summed E-state index contributed by atoms with van der Waals surface area (Å²) in [6.07, 6.45) is 4.38. The van der Waals surface area contributed by atoms with Gasteiger partial charge >= 0.3 is 6.09 Å². The third kappa shape index (κ3) is 12.1. The number of hydrogen-bond donors (Lipinski definition) is 5. The van der Waals surface area contributed by atoms with Gasteiger partial charge in [0.25, 0.3) is 5.91 Å². The molecule has 48 heavy (non-hydrogen) atoms. The van der Waals surface area contributed by atoms with Crippen LogP contribution in [0.2, 0.25) is 0 Å². The van der Waals surface area contributed by atoms with Crippen LogP contribution in [0.5, 0.6) is 11.5 Å². The van der Waals surface area contributed by atoms with Crippen LogP contribution in [0.4, 0.5) is 16.2 Å². The second-order valence-corrected chi connectivity index (χ2v) is 12.7. The van der Waals surface area contributed by atoms with Gasteiger partial charge in [-0.25, -0.2) is 4.79 Å². The molecule has 1 heterocycles. The number of fused-ring (bicyclic) bond motifs is 2. The van der Waals surface area contributed by atoms with E-state index in [-0.39, 0.29) is 40.8 Å². The summed E-state index contributed by atoms with van der Waals surface area (Å²) in [7, 11) is 2.94. The number of aliphatic hydroxyl groups is 1. The number of benzene rings is 1. The van der Waals surface area contributed by atoms with Crippen LogP contribution in [-0.2, 0) is 25.4 Å². The van der Waals surface area contributed by atoms with Gasteiger partial charge in [0.05, 0.1) is 17.9 Å². The van der Waals surface area contributed by atoms with Gasteiger partial charge in [-0.05, 0) is 38.2 Å². The van der Waals surface area contributed by atoms with Gasteiger partial charge in [0, 0.05) is 74.9 Å². The average molecular weight is 714 g/mol. The summed E-state index contributed by atoms with van der Waals surface area (Å²) in [5.41, 5.74) is 6.71. The van der Waals surface area contributed by atoms with E-state index in [0.717, 1.165) is 0 Å². The predicted octanol–water partition coefficient (Wildman–Crippen LogP) is 5.04. The molecule has 1 aliphatic heterocycles. The van der Waals surface area contributed by atoms with Crippen LogP contribution in [0.1, 0.15) is 39.7 Å². The lowest BCUT2D eigenvalue weighted by atomic mass is 9.87. The number of halogens is 2. The van der Waals surface area contributed by atoms with Crippen LogP contribution in [0, 0.1) is 11.8 Å². The van der Waals surface area contributed by atoms with Gasteiger partial charge in [-0.15, -0.1) is 23.2 Å². The van der Waals surface area contributed by atoms with Crippen molar-refractivity contribution < 1.29 is 39.1 Å². The van der Waals surface area contributed by atoms with Crippen LogP contribution in [0.15, 0.2) is 46.5 Å².